The van der Waals surface area contributed by atoms with Gasteiger partial charge in [-0.25, -0.2) is 9.79 Å². The van der Waals surface area contributed by atoms with E-state index in [1.54, 1.807) is 13.1 Å². The highest BCUT2D eigenvalue weighted by Gasteiger charge is 2.47. The first kappa shape index (κ1) is 18.5. The van der Waals surface area contributed by atoms with Gasteiger partial charge in [0.15, 0.2) is 5.78 Å². The average Bonchev–Trinajstić information content (AvgIpc) is 3.03. The lowest BCUT2D eigenvalue weighted by atomic mass is 9.76. The van der Waals surface area contributed by atoms with Gasteiger partial charge in [0.2, 0.25) is 0 Å². The number of hydrogen-bond acceptors (Lipinski definition) is 4. The van der Waals surface area contributed by atoms with Gasteiger partial charge in [0.25, 0.3) is 5.56 Å². The molecule has 0 bridgehead atoms. The van der Waals surface area contributed by atoms with Crippen molar-refractivity contribution in [1.82, 2.24) is 9.13 Å². The highest BCUT2D eigenvalue weighted by molar-refractivity contribution is 6.30. The fourth-order valence-corrected chi connectivity index (χ4v) is 4.68. The molecule has 2 heterocycles. The summed E-state index contributed by atoms with van der Waals surface area (Å²) in [6.45, 7) is 4.04. The molecule has 6 heteroatoms. The minimum atomic E-state index is -0.581. The normalized spacial score (nSPS) is 19.2. The predicted octanol–water partition coefficient (Wildman–Crippen LogP) is 2.78. The van der Waals surface area contributed by atoms with Gasteiger partial charge in [-0.3, -0.25) is 18.7 Å². The van der Waals surface area contributed by atoms with E-state index in [2.05, 4.69) is 0 Å². The molecule has 0 amide bonds. The summed E-state index contributed by atoms with van der Waals surface area (Å²) in [7, 11) is 3.08. The van der Waals surface area contributed by atoms with Crippen molar-refractivity contribution >= 4 is 17.3 Å². The predicted molar refractivity (Wildman–Crippen MR) is 115 cm³/mol. The Morgan fingerprint density at radius 1 is 0.833 bits per heavy atom. The van der Waals surface area contributed by atoms with E-state index < -0.39 is 23.1 Å². The lowest BCUT2D eigenvalue weighted by Crippen LogP contribution is -2.43. The summed E-state index contributed by atoms with van der Waals surface area (Å²) in [4.78, 5) is 44.0. The van der Waals surface area contributed by atoms with Crippen LogP contribution in [0, 0.1) is 19.8 Å². The summed E-state index contributed by atoms with van der Waals surface area (Å²) in [6.07, 6.45) is 0. The maximum Gasteiger partial charge on any atom is 0.332 e. The SMILES string of the molecule is Cc1ccc([C@H]2c3c(n(C)c(=O)n(C)c3=O)N=C3c4ccccc4C(=O)[C@@H]32)cc1C. The third kappa shape index (κ3) is 2.30. The molecule has 6 nitrogen and oxygen atoms in total. The molecule has 0 N–H and O–H groups in total. The van der Waals surface area contributed by atoms with Crippen LogP contribution in [0.1, 0.15) is 44.1 Å². The number of carbonyl (C=O) groups excluding carboxylic acids is 1. The number of Topliss-reactive ketones (excluding diaryl/α,β-unsaturated/α-hetero) is 1. The van der Waals surface area contributed by atoms with Crippen molar-refractivity contribution in [1.29, 1.82) is 0 Å². The lowest BCUT2D eigenvalue weighted by Gasteiger charge is -2.30. The van der Waals surface area contributed by atoms with Gasteiger partial charge in [0, 0.05) is 31.1 Å². The van der Waals surface area contributed by atoms with Gasteiger partial charge in [0.1, 0.15) is 5.82 Å². The number of ketones is 1. The molecule has 0 unspecified atom stereocenters. The number of aliphatic imine (C=N–C) groups is 1. The monoisotopic (exact) mass is 399 g/mol. The Balaban J connectivity index is 1.91. The van der Waals surface area contributed by atoms with E-state index in [-0.39, 0.29) is 5.78 Å². The Kier molecular flexibility index (Phi) is 3.84. The minimum Gasteiger partial charge on any atom is -0.293 e. The molecular formula is C24H21N3O3. The van der Waals surface area contributed by atoms with E-state index in [0.717, 1.165) is 26.8 Å². The van der Waals surface area contributed by atoms with Gasteiger partial charge in [-0.1, -0.05) is 42.5 Å². The molecule has 2 aliphatic rings. The molecular weight excluding hydrogens is 378 g/mol. The number of aryl methyl sites for hydroxylation is 2. The molecule has 1 aliphatic carbocycles. The summed E-state index contributed by atoms with van der Waals surface area (Å²) in [5, 5.41) is 0. The van der Waals surface area contributed by atoms with Crippen molar-refractivity contribution in [3.8, 4) is 0 Å². The fourth-order valence-electron chi connectivity index (χ4n) is 4.68. The molecule has 0 saturated heterocycles. The van der Waals surface area contributed by atoms with Crippen molar-refractivity contribution in [3.63, 3.8) is 0 Å². The summed E-state index contributed by atoms with van der Waals surface area (Å²) < 4.78 is 2.50. The molecule has 0 spiro atoms. The van der Waals surface area contributed by atoms with Crippen molar-refractivity contribution < 1.29 is 4.79 Å². The molecule has 0 saturated carbocycles. The van der Waals surface area contributed by atoms with Crippen molar-refractivity contribution in [2.75, 3.05) is 0 Å². The van der Waals surface area contributed by atoms with Gasteiger partial charge >= 0.3 is 5.69 Å². The highest BCUT2D eigenvalue weighted by Crippen LogP contribution is 2.46. The van der Waals surface area contributed by atoms with Crippen molar-refractivity contribution in [3.05, 3.63) is 96.7 Å². The Labute approximate surface area is 173 Å². The van der Waals surface area contributed by atoms with Gasteiger partial charge in [-0.15, -0.1) is 0 Å². The lowest BCUT2D eigenvalue weighted by molar-refractivity contribution is 0.0953. The molecule has 2 atom stereocenters. The third-order valence-electron chi connectivity index (χ3n) is 6.47. The van der Waals surface area contributed by atoms with Crippen LogP contribution in [0.5, 0.6) is 0 Å². The Morgan fingerprint density at radius 3 is 2.23 bits per heavy atom. The van der Waals surface area contributed by atoms with Gasteiger partial charge in [0.05, 0.1) is 17.2 Å². The first-order valence-electron chi connectivity index (χ1n) is 9.90. The average molecular weight is 399 g/mol. The minimum absolute atomic E-state index is 0.0332. The standard InChI is InChI=1S/C24H21N3O3/c1-12-9-10-14(11-13(12)2)17-18-20(15-7-5-6-8-16(15)21(18)28)25-22-19(17)23(29)27(4)24(30)26(22)3/h5-11,17-18H,1-4H3/t17-,18-/m1/s1. The second-order valence-electron chi connectivity index (χ2n) is 8.15. The van der Waals surface area contributed by atoms with E-state index in [1.807, 2.05) is 50.2 Å². The molecule has 0 radical (unpaired) electrons. The first-order chi connectivity index (χ1) is 14.3. The number of benzene rings is 2. The summed E-state index contributed by atoms with van der Waals surface area (Å²) in [5.41, 5.74) is 4.70. The molecule has 2 aromatic carbocycles. The topological polar surface area (TPSA) is 73.4 Å². The smallest absolute Gasteiger partial charge is 0.293 e. The number of hydrogen-bond donors (Lipinski definition) is 0. The first-order valence-corrected chi connectivity index (χ1v) is 9.90. The number of rotatable bonds is 1. The fraction of sp³-hybridized carbons (Fsp3) is 0.250. The van der Waals surface area contributed by atoms with Crippen LogP contribution in [-0.4, -0.2) is 20.6 Å². The van der Waals surface area contributed by atoms with Crippen LogP contribution in [0.15, 0.2) is 57.0 Å². The zero-order valence-corrected chi connectivity index (χ0v) is 17.3. The van der Waals surface area contributed by atoms with Crippen molar-refractivity contribution in [2.24, 2.45) is 25.0 Å². The Bertz CT molecular complexity index is 1410. The Morgan fingerprint density at radius 2 is 1.53 bits per heavy atom. The maximum absolute atomic E-state index is 13.5. The van der Waals surface area contributed by atoms with E-state index >= 15 is 0 Å². The van der Waals surface area contributed by atoms with Crippen LogP contribution in [-0.2, 0) is 14.1 Å². The van der Waals surface area contributed by atoms with Crippen LogP contribution in [0.4, 0.5) is 5.82 Å². The molecule has 5 rings (SSSR count). The molecule has 0 fully saturated rings. The van der Waals surface area contributed by atoms with Crippen LogP contribution in [0.3, 0.4) is 0 Å². The number of fused-ring (bicyclic) bond motifs is 4. The molecule has 1 aliphatic heterocycles. The second kappa shape index (κ2) is 6.23. The van der Waals surface area contributed by atoms with Crippen LogP contribution in [0.2, 0.25) is 0 Å². The number of carbonyl (C=O) groups is 1. The summed E-state index contributed by atoms with van der Waals surface area (Å²) in [6, 6.07) is 13.4. The van der Waals surface area contributed by atoms with Crippen LogP contribution < -0.4 is 11.2 Å². The maximum atomic E-state index is 13.5. The van der Waals surface area contributed by atoms with Gasteiger partial charge < -0.3 is 0 Å². The van der Waals surface area contributed by atoms with Gasteiger partial charge in [-0.2, -0.15) is 0 Å². The van der Waals surface area contributed by atoms with Crippen LogP contribution >= 0.6 is 0 Å². The van der Waals surface area contributed by atoms with Crippen molar-refractivity contribution in [2.45, 2.75) is 19.8 Å². The molecule has 3 aromatic rings. The molecule has 1 aromatic heterocycles. The van der Waals surface area contributed by atoms with E-state index in [9.17, 15) is 14.4 Å². The highest BCUT2D eigenvalue weighted by atomic mass is 16.2. The van der Waals surface area contributed by atoms with E-state index in [0.29, 0.717) is 22.7 Å². The molecule has 30 heavy (non-hydrogen) atoms. The second-order valence-corrected chi connectivity index (χ2v) is 8.15. The summed E-state index contributed by atoms with van der Waals surface area (Å²) >= 11 is 0. The Hall–Kier alpha value is -3.54. The number of nitrogens with zero attached hydrogens (tertiary/aromatic N) is 3. The van der Waals surface area contributed by atoms with Gasteiger partial charge in [-0.05, 0) is 30.5 Å². The molecule has 150 valence electrons. The zero-order valence-electron chi connectivity index (χ0n) is 17.3. The summed E-state index contributed by atoms with van der Waals surface area (Å²) in [5.74, 6) is -0.782. The quantitative estimate of drug-likeness (QED) is 0.632. The zero-order chi connectivity index (χ0) is 21.3. The largest absolute Gasteiger partial charge is 0.332 e. The third-order valence-corrected chi connectivity index (χ3v) is 6.47. The van der Waals surface area contributed by atoms with E-state index in [4.69, 9.17) is 4.99 Å². The van der Waals surface area contributed by atoms with Crippen LogP contribution in [0.25, 0.3) is 0 Å². The number of aromatic nitrogens is 2. The van der Waals surface area contributed by atoms with E-state index in [1.165, 1.54) is 11.6 Å².